The summed E-state index contributed by atoms with van der Waals surface area (Å²) in [5.74, 6) is -1.42. The quantitative estimate of drug-likeness (QED) is 0.468. The molecule has 2 aromatic rings. The van der Waals surface area contributed by atoms with Crippen LogP contribution in [0.1, 0.15) is 30.9 Å². The van der Waals surface area contributed by atoms with E-state index in [0.29, 0.717) is 23.6 Å². The van der Waals surface area contributed by atoms with Gasteiger partial charge in [0.05, 0.1) is 26.5 Å². The monoisotopic (exact) mass is 471 g/mol. The number of hydrazone groups is 1. The molecule has 0 saturated carbocycles. The number of halogens is 1. The summed E-state index contributed by atoms with van der Waals surface area (Å²) in [5.41, 5.74) is 2.61. The van der Waals surface area contributed by atoms with Gasteiger partial charge in [-0.2, -0.15) is 5.10 Å². The Bertz CT molecular complexity index is 1090. The maximum absolute atomic E-state index is 12.8. The predicted octanol–water partition coefficient (Wildman–Crippen LogP) is 3.28. The van der Waals surface area contributed by atoms with Gasteiger partial charge >= 0.3 is 11.9 Å². The molecule has 0 saturated heterocycles. The summed E-state index contributed by atoms with van der Waals surface area (Å²) < 4.78 is 27.5. The molecule has 1 aliphatic heterocycles. The third-order valence-corrected chi connectivity index (χ3v) is 5.40. The molecule has 0 spiro atoms. The van der Waals surface area contributed by atoms with E-state index in [1.54, 1.807) is 42.5 Å². The van der Waals surface area contributed by atoms with E-state index >= 15 is 0 Å². The summed E-state index contributed by atoms with van der Waals surface area (Å²) in [7, 11) is 2.60. The second-order valence-corrected chi connectivity index (χ2v) is 7.51. The zero-order valence-corrected chi connectivity index (χ0v) is 19.2. The second kappa shape index (κ2) is 11.3. The van der Waals surface area contributed by atoms with Crippen molar-refractivity contribution in [2.24, 2.45) is 11.0 Å². The van der Waals surface area contributed by atoms with Crippen LogP contribution in [0.25, 0.3) is 0 Å². The average Bonchev–Trinajstić information content (AvgIpc) is 2.85. The van der Waals surface area contributed by atoms with Crippen LogP contribution in [0.15, 0.2) is 47.6 Å². The van der Waals surface area contributed by atoms with Crippen LogP contribution < -0.4 is 14.8 Å². The van der Waals surface area contributed by atoms with Crippen molar-refractivity contribution >= 4 is 29.2 Å². The van der Waals surface area contributed by atoms with Gasteiger partial charge in [-0.15, -0.1) is 0 Å². The highest BCUT2D eigenvalue weighted by molar-refractivity contribution is 6.37. The molecule has 1 heterocycles. The first kappa shape index (κ1) is 24.7. The maximum atomic E-state index is 12.8. The van der Waals surface area contributed by atoms with Crippen molar-refractivity contribution in [2.75, 3.05) is 26.4 Å². The molecule has 0 radical (unpaired) electrons. The summed E-state index contributed by atoms with van der Waals surface area (Å²) in [6.45, 7) is 1.20. The fourth-order valence-corrected chi connectivity index (χ4v) is 3.58. The van der Waals surface area contributed by atoms with Crippen molar-refractivity contribution in [2.45, 2.75) is 26.3 Å². The number of rotatable bonds is 8. The first-order valence-electron chi connectivity index (χ1n) is 10.6. The highest BCUT2D eigenvalue weighted by Crippen LogP contribution is 2.32. The molecule has 1 atom stereocenters. The van der Waals surface area contributed by atoms with Crippen molar-refractivity contribution in [1.82, 2.24) is 5.01 Å². The Morgan fingerprint density at radius 3 is 2.50 bits per heavy atom. The zero-order chi connectivity index (χ0) is 24.7. The maximum Gasteiger partial charge on any atom is 0.396 e. The minimum atomic E-state index is -0.996. The van der Waals surface area contributed by atoms with Gasteiger partial charge in [0.2, 0.25) is 12.8 Å². The molecule has 0 bridgehead atoms. The Labute approximate surface area is 196 Å². The molecule has 0 aliphatic carbocycles. The number of benzene rings is 2. The predicted molar refractivity (Wildman–Crippen MR) is 122 cm³/mol. The van der Waals surface area contributed by atoms with Gasteiger partial charge in [0, 0.05) is 23.6 Å². The molecule has 3 rings (SSSR count). The van der Waals surface area contributed by atoms with Crippen LogP contribution >= 0.6 is 0 Å². The molecule has 0 fully saturated rings. The molecular weight excluding hydrogens is 445 g/mol. The van der Waals surface area contributed by atoms with E-state index in [1.165, 1.54) is 12.1 Å². The Balaban J connectivity index is 1.83. The summed E-state index contributed by atoms with van der Waals surface area (Å²) in [6, 6.07) is 11.8. The Hall–Kier alpha value is -3.95. The van der Waals surface area contributed by atoms with Crippen molar-refractivity contribution in [3.63, 3.8) is 0 Å². The topological polar surface area (TPSA) is 107 Å². The third-order valence-electron chi connectivity index (χ3n) is 5.40. The van der Waals surface area contributed by atoms with Crippen LogP contribution in [0.3, 0.4) is 0 Å². The summed E-state index contributed by atoms with van der Waals surface area (Å²) in [5, 5.41) is 8.44. The minimum Gasteiger partial charge on any atom is -0.493 e. The molecule has 10 heteroatoms. The lowest BCUT2D eigenvalue weighted by molar-refractivity contribution is -0.150. The molecule has 2 amide bonds. The molecule has 1 N–H and O–H groups in total. The van der Waals surface area contributed by atoms with E-state index in [9.17, 15) is 18.8 Å². The number of nitrogens with zero attached hydrogens (tertiary/aromatic N) is 2. The number of alkyl halides is 1. The molecule has 0 aromatic heterocycles. The van der Waals surface area contributed by atoms with E-state index in [2.05, 4.69) is 15.2 Å². The minimum absolute atomic E-state index is 0.0914. The van der Waals surface area contributed by atoms with Crippen LogP contribution in [-0.2, 0) is 25.7 Å². The SMILES string of the molecule is CCC1CC(=O)N(Cc2ccc(NC(=O)C(=O)OC)cc2)N=C1c1ccc(OC)c(OCF)c1. The van der Waals surface area contributed by atoms with E-state index in [-0.39, 0.29) is 30.5 Å². The van der Waals surface area contributed by atoms with Gasteiger partial charge in [0.15, 0.2) is 11.5 Å². The van der Waals surface area contributed by atoms with Gasteiger partial charge in [-0.05, 0) is 42.3 Å². The standard InChI is InChI=1S/C24H26FN3O6/c1-4-16-12-21(29)28(13-15-5-8-18(9-6-15)26-23(30)24(31)33-3)27-22(16)17-7-10-19(32-2)20(11-17)34-14-25/h5-11,16H,4,12-14H2,1-3H3,(H,26,30). The van der Waals surface area contributed by atoms with Gasteiger partial charge in [-0.1, -0.05) is 19.1 Å². The average molecular weight is 471 g/mol. The first-order valence-corrected chi connectivity index (χ1v) is 10.6. The zero-order valence-electron chi connectivity index (χ0n) is 19.2. The molecule has 2 aromatic carbocycles. The third kappa shape index (κ3) is 5.69. The van der Waals surface area contributed by atoms with Gasteiger partial charge in [-0.3, -0.25) is 9.59 Å². The van der Waals surface area contributed by atoms with Crippen LogP contribution in [-0.4, -0.2) is 49.6 Å². The fourth-order valence-electron chi connectivity index (χ4n) is 3.58. The lowest BCUT2D eigenvalue weighted by Crippen LogP contribution is -2.36. The number of nitrogens with one attached hydrogen (secondary N) is 1. The number of methoxy groups -OCH3 is 2. The van der Waals surface area contributed by atoms with Gasteiger partial charge in [0.1, 0.15) is 0 Å². The lowest BCUT2D eigenvalue weighted by Gasteiger charge is -2.29. The van der Waals surface area contributed by atoms with Gasteiger partial charge in [-0.25, -0.2) is 14.2 Å². The largest absolute Gasteiger partial charge is 0.493 e. The lowest BCUT2D eigenvalue weighted by atomic mass is 9.89. The van der Waals surface area contributed by atoms with E-state index in [1.807, 2.05) is 6.92 Å². The van der Waals surface area contributed by atoms with Crippen LogP contribution in [0.5, 0.6) is 11.5 Å². The van der Waals surface area contributed by atoms with Crippen molar-refractivity contribution in [3.8, 4) is 11.5 Å². The molecule has 9 nitrogen and oxygen atoms in total. The molecule has 1 aliphatic rings. The van der Waals surface area contributed by atoms with E-state index < -0.39 is 18.7 Å². The first-order chi connectivity index (χ1) is 16.4. The molecule has 1 unspecified atom stereocenters. The number of carbonyl (C=O) groups excluding carboxylic acids is 3. The van der Waals surface area contributed by atoms with E-state index in [0.717, 1.165) is 18.2 Å². The summed E-state index contributed by atoms with van der Waals surface area (Å²) in [4.78, 5) is 35.6. The normalized spacial score (nSPS) is 15.4. The highest BCUT2D eigenvalue weighted by atomic mass is 19.1. The number of amides is 2. The highest BCUT2D eigenvalue weighted by Gasteiger charge is 2.30. The Morgan fingerprint density at radius 1 is 1.15 bits per heavy atom. The number of anilines is 1. The molecule has 34 heavy (non-hydrogen) atoms. The van der Waals surface area contributed by atoms with Crippen molar-refractivity contribution in [3.05, 3.63) is 53.6 Å². The number of hydrogen-bond acceptors (Lipinski definition) is 7. The summed E-state index contributed by atoms with van der Waals surface area (Å²) in [6.07, 6.45) is 0.992. The molecule has 180 valence electrons. The number of hydrogen-bond donors (Lipinski definition) is 1. The van der Waals surface area contributed by atoms with Gasteiger partial charge in [0.25, 0.3) is 0 Å². The van der Waals surface area contributed by atoms with Gasteiger partial charge < -0.3 is 19.5 Å². The van der Waals surface area contributed by atoms with Crippen LogP contribution in [0.2, 0.25) is 0 Å². The number of esters is 1. The fraction of sp³-hybridized carbons (Fsp3) is 0.333. The van der Waals surface area contributed by atoms with E-state index in [4.69, 9.17) is 9.47 Å². The molecular formula is C24H26FN3O6. The summed E-state index contributed by atoms with van der Waals surface area (Å²) >= 11 is 0. The van der Waals surface area contributed by atoms with Crippen molar-refractivity contribution < 1.29 is 33.0 Å². The number of carbonyl (C=O) groups is 3. The second-order valence-electron chi connectivity index (χ2n) is 7.51. The number of ether oxygens (including phenoxy) is 3. The van der Waals surface area contributed by atoms with Crippen molar-refractivity contribution in [1.29, 1.82) is 0 Å². The van der Waals surface area contributed by atoms with Crippen LogP contribution in [0, 0.1) is 5.92 Å². The van der Waals surface area contributed by atoms with Crippen LogP contribution in [0.4, 0.5) is 10.1 Å². The Morgan fingerprint density at radius 2 is 1.88 bits per heavy atom. The smallest absolute Gasteiger partial charge is 0.396 e. The Kier molecular flexibility index (Phi) is 8.18.